The Bertz CT molecular complexity index is 1820. The highest BCUT2D eigenvalue weighted by molar-refractivity contribution is 5.86. The van der Waals surface area contributed by atoms with Crippen molar-refractivity contribution >= 4 is 16.6 Å². The number of anilines is 1. The van der Waals surface area contributed by atoms with Crippen LogP contribution in [0.25, 0.3) is 28.0 Å². The molecule has 2 aliphatic rings. The Morgan fingerprint density at radius 3 is 2.67 bits per heavy atom. The highest BCUT2D eigenvalue weighted by atomic mass is 16.5. The first kappa shape index (κ1) is 27.1. The van der Waals surface area contributed by atoms with Crippen molar-refractivity contribution in [1.29, 1.82) is 0 Å². The van der Waals surface area contributed by atoms with Gasteiger partial charge in [0.15, 0.2) is 5.82 Å². The molecule has 0 radical (unpaired) electrons. The average Bonchev–Trinajstić information content (AvgIpc) is 3.73. The van der Waals surface area contributed by atoms with Gasteiger partial charge >= 0.3 is 0 Å². The summed E-state index contributed by atoms with van der Waals surface area (Å²) < 4.78 is 15.0. The Labute approximate surface area is 250 Å². The first-order chi connectivity index (χ1) is 21.2. The zero-order valence-electron chi connectivity index (χ0n) is 24.5. The lowest BCUT2D eigenvalue weighted by Gasteiger charge is -2.29. The molecular formula is C33H34N8O2. The lowest BCUT2D eigenvalue weighted by Crippen LogP contribution is -2.30. The molecule has 2 saturated heterocycles. The van der Waals surface area contributed by atoms with Crippen molar-refractivity contribution in [2.45, 2.75) is 45.1 Å². The van der Waals surface area contributed by atoms with Crippen molar-refractivity contribution in [3.63, 3.8) is 0 Å². The van der Waals surface area contributed by atoms with Crippen LogP contribution < -0.4 is 9.64 Å². The molecule has 10 heteroatoms. The van der Waals surface area contributed by atoms with E-state index >= 15 is 0 Å². The third kappa shape index (κ3) is 5.44. The maximum atomic E-state index is 5.59. The van der Waals surface area contributed by atoms with Crippen molar-refractivity contribution in [1.82, 2.24) is 34.5 Å². The molecule has 0 spiro atoms. The molecule has 43 heavy (non-hydrogen) atoms. The number of aryl methyl sites for hydroxylation is 1. The standard InChI is InChI=1S/C33H34N8O2/c1-23-27-21-37-41(31(27)16-29(38-23)28-20-34-11-8-32(28)42-2)33-17-30(39-12-4-3-5-13-39)25(19-35-33)7-6-24-18-36-40(22-24)26-9-14-43-15-10-26/h8,11,16-22,26H,3-5,9-10,12-15H2,1-2H3. The highest BCUT2D eigenvalue weighted by Crippen LogP contribution is 2.32. The van der Waals surface area contributed by atoms with Crippen LogP contribution >= 0.6 is 0 Å². The molecule has 7 rings (SSSR count). The Morgan fingerprint density at radius 1 is 0.977 bits per heavy atom. The maximum absolute atomic E-state index is 5.59. The molecule has 2 fully saturated rings. The number of pyridine rings is 3. The largest absolute Gasteiger partial charge is 0.496 e. The van der Waals surface area contributed by atoms with Crippen LogP contribution in [-0.2, 0) is 4.74 Å². The van der Waals surface area contributed by atoms with Gasteiger partial charge in [-0.15, -0.1) is 0 Å². The van der Waals surface area contributed by atoms with E-state index in [9.17, 15) is 0 Å². The number of hydrogen-bond donors (Lipinski definition) is 0. The van der Waals surface area contributed by atoms with E-state index in [0.29, 0.717) is 6.04 Å². The molecule has 0 unspecified atom stereocenters. The quantitative estimate of drug-likeness (QED) is 0.267. The van der Waals surface area contributed by atoms with Crippen molar-refractivity contribution in [2.24, 2.45) is 0 Å². The van der Waals surface area contributed by atoms with Gasteiger partial charge in [0, 0.05) is 68.2 Å². The molecule has 0 N–H and O–H groups in total. The Balaban J connectivity index is 1.27. The molecule has 0 aromatic carbocycles. The summed E-state index contributed by atoms with van der Waals surface area (Å²) in [6.45, 7) is 5.55. The summed E-state index contributed by atoms with van der Waals surface area (Å²) in [5.74, 6) is 8.22. The summed E-state index contributed by atoms with van der Waals surface area (Å²) in [6, 6.07) is 6.36. The van der Waals surface area contributed by atoms with E-state index in [1.165, 1.54) is 6.42 Å². The number of aromatic nitrogens is 7. The average molecular weight is 575 g/mol. The van der Waals surface area contributed by atoms with Crippen LogP contribution in [-0.4, -0.2) is 67.9 Å². The SMILES string of the molecule is COc1ccncc1-c1cc2c(cnn2-c2cc(N3CCCCC3)c(C#Cc3cnn(C4CCOCC4)c3)cn2)c(C)n1. The fourth-order valence-electron chi connectivity index (χ4n) is 5.99. The Morgan fingerprint density at radius 2 is 1.84 bits per heavy atom. The third-order valence-electron chi connectivity index (χ3n) is 8.32. The van der Waals surface area contributed by atoms with Crippen LogP contribution in [0.2, 0.25) is 0 Å². The molecule has 5 aromatic heterocycles. The monoisotopic (exact) mass is 574 g/mol. The molecule has 0 saturated carbocycles. The summed E-state index contributed by atoms with van der Waals surface area (Å²) >= 11 is 0. The van der Waals surface area contributed by atoms with Gasteiger partial charge < -0.3 is 14.4 Å². The minimum absolute atomic E-state index is 0.372. The number of ether oxygens (including phenoxy) is 2. The minimum atomic E-state index is 0.372. The van der Waals surface area contributed by atoms with E-state index in [-0.39, 0.29) is 0 Å². The molecular weight excluding hydrogens is 540 g/mol. The minimum Gasteiger partial charge on any atom is -0.496 e. The van der Waals surface area contributed by atoms with Gasteiger partial charge in [-0.05, 0) is 51.2 Å². The lowest BCUT2D eigenvalue weighted by atomic mass is 10.1. The number of methoxy groups -OCH3 is 1. The van der Waals surface area contributed by atoms with Gasteiger partial charge in [0.2, 0.25) is 0 Å². The highest BCUT2D eigenvalue weighted by Gasteiger charge is 2.19. The predicted octanol–water partition coefficient (Wildman–Crippen LogP) is 5.13. The van der Waals surface area contributed by atoms with Crippen molar-refractivity contribution < 1.29 is 9.47 Å². The topological polar surface area (TPSA) is 96.0 Å². The van der Waals surface area contributed by atoms with Crippen LogP contribution in [0, 0.1) is 18.8 Å². The number of fused-ring (bicyclic) bond motifs is 1. The summed E-state index contributed by atoms with van der Waals surface area (Å²) in [4.78, 5) is 16.4. The van der Waals surface area contributed by atoms with Crippen LogP contribution in [0.5, 0.6) is 5.75 Å². The van der Waals surface area contributed by atoms with E-state index in [2.05, 4.69) is 32.9 Å². The van der Waals surface area contributed by atoms with Gasteiger partial charge in [-0.3, -0.25) is 14.6 Å². The van der Waals surface area contributed by atoms with Gasteiger partial charge in [0.25, 0.3) is 0 Å². The van der Waals surface area contributed by atoms with Gasteiger partial charge in [-0.2, -0.15) is 10.2 Å². The molecule has 10 nitrogen and oxygen atoms in total. The van der Waals surface area contributed by atoms with Crippen LogP contribution in [0.15, 0.2) is 55.4 Å². The smallest absolute Gasteiger partial charge is 0.156 e. The van der Waals surface area contributed by atoms with E-state index in [1.54, 1.807) is 19.5 Å². The fraction of sp³-hybridized carbons (Fsp3) is 0.364. The van der Waals surface area contributed by atoms with E-state index < -0.39 is 0 Å². The first-order valence-corrected chi connectivity index (χ1v) is 14.9. The van der Waals surface area contributed by atoms with E-state index in [0.717, 1.165) is 108 Å². The van der Waals surface area contributed by atoms with E-state index in [4.69, 9.17) is 24.5 Å². The number of rotatable bonds is 5. The fourth-order valence-corrected chi connectivity index (χ4v) is 5.99. The molecule has 218 valence electrons. The van der Waals surface area contributed by atoms with Gasteiger partial charge in [-0.25, -0.2) is 9.67 Å². The molecule has 2 aliphatic heterocycles. The van der Waals surface area contributed by atoms with Gasteiger partial charge in [0.05, 0.1) is 59.1 Å². The van der Waals surface area contributed by atoms with Crippen molar-refractivity contribution in [3.05, 3.63) is 72.2 Å². The van der Waals surface area contributed by atoms with Gasteiger partial charge in [0.1, 0.15) is 5.75 Å². The summed E-state index contributed by atoms with van der Waals surface area (Å²) in [5.41, 5.74) is 6.29. The molecule has 5 aromatic rings. The molecule has 0 bridgehead atoms. The predicted molar refractivity (Wildman–Crippen MR) is 165 cm³/mol. The van der Waals surface area contributed by atoms with Gasteiger partial charge in [-0.1, -0.05) is 11.8 Å². The second kappa shape index (κ2) is 11.9. The lowest BCUT2D eigenvalue weighted by molar-refractivity contribution is 0.0662. The van der Waals surface area contributed by atoms with Crippen LogP contribution in [0.4, 0.5) is 5.69 Å². The molecule has 7 heterocycles. The number of piperidine rings is 1. The number of hydrogen-bond acceptors (Lipinski definition) is 8. The Hall–Kier alpha value is -4.75. The summed E-state index contributed by atoms with van der Waals surface area (Å²) in [7, 11) is 1.66. The normalized spacial score (nSPS) is 15.8. The third-order valence-corrected chi connectivity index (χ3v) is 8.32. The molecule has 0 aliphatic carbocycles. The maximum Gasteiger partial charge on any atom is 0.156 e. The zero-order valence-corrected chi connectivity index (χ0v) is 24.5. The van der Waals surface area contributed by atoms with Crippen molar-refractivity contribution in [2.75, 3.05) is 38.3 Å². The van der Waals surface area contributed by atoms with Crippen molar-refractivity contribution in [3.8, 4) is 34.7 Å². The van der Waals surface area contributed by atoms with Crippen LogP contribution in [0.1, 0.15) is 55.0 Å². The number of nitrogens with zero attached hydrogens (tertiary/aromatic N) is 8. The zero-order chi connectivity index (χ0) is 29.2. The second-order valence-corrected chi connectivity index (χ2v) is 11.1. The first-order valence-electron chi connectivity index (χ1n) is 14.9. The van der Waals surface area contributed by atoms with E-state index in [1.807, 2.05) is 53.2 Å². The summed E-state index contributed by atoms with van der Waals surface area (Å²) in [5, 5.41) is 10.3. The summed E-state index contributed by atoms with van der Waals surface area (Å²) in [6.07, 6.45) is 16.7. The Kier molecular flexibility index (Phi) is 7.47. The van der Waals surface area contributed by atoms with Crippen LogP contribution in [0.3, 0.4) is 0 Å². The second-order valence-electron chi connectivity index (χ2n) is 11.1. The molecule has 0 amide bonds. The molecule has 0 atom stereocenters.